The van der Waals surface area contributed by atoms with Gasteiger partial charge in [-0.05, 0) is 37.9 Å². The van der Waals surface area contributed by atoms with Crippen molar-refractivity contribution >= 4 is 43.2 Å². The summed E-state index contributed by atoms with van der Waals surface area (Å²) in [6, 6.07) is 3.74. The van der Waals surface area contributed by atoms with Crippen LogP contribution in [-0.2, 0) is 0 Å². The molecule has 64 valence electrons. The lowest BCUT2D eigenvalue weighted by Gasteiger charge is -2.00. The molecule has 0 aromatic carbocycles. The number of hydrogen-bond donors (Lipinski definition) is 1. The smallest absolute Gasteiger partial charge is 0.101 e. The third-order valence-corrected chi connectivity index (χ3v) is 4.63. The summed E-state index contributed by atoms with van der Waals surface area (Å²) in [4.78, 5) is 0.801. The summed E-state index contributed by atoms with van der Waals surface area (Å²) in [5.74, 6) is 0. The van der Waals surface area contributed by atoms with Crippen LogP contribution in [0, 0.1) is 11.3 Å². The molecule has 1 heterocycles. The van der Waals surface area contributed by atoms with Crippen LogP contribution in [0.4, 0.5) is 0 Å². The molecule has 1 unspecified atom stereocenters. The van der Waals surface area contributed by atoms with Crippen molar-refractivity contribution in [2.45, 2.75) is 12.5 Å². The van der Waals surface area contributed by atoms with E-state index in [-0.39, 0.29) is 6.42 Å². The maximum atomic E-state index is 9.40. The van der Waals surface area contributed by atoms with Crippen LogP contribution in [0.25, 0.3) is 0 Å². The molecule has 0 saturated carbocycles. The summed E-state index contributed by atoms with van der Waals surface area (Å²) in [7, 11) is 0. The topological polar surface area (TPSA) is 44.0 Å². The zero-order valence-electron chi connectivity index (χ0n) is 5.92. The van der Waals surface area contributed by atoms with E-state index in [1.165, 1.54) is 11.3 Å². The van der Waals surface area contributed by atoms with E-state index < -0.39 is 6.10 Å². The molecule has 0 aliphatic carbocycles. The van der Waals surface area contributed by atoms with Gasteiger partial charge >= 0.3 is 0 Å². The molecule has 12 heavy (non-hydrogen) atoms. The van der Waals surface area contributed by atoms with Crippen molar-refractivity contribution in [3.05, 3.63) is 19.2 Å². The molecule has 1 rings (SSSR count). The third-order valence-electron chi connectivity index (χ3n) is 1.28. The molecule has 0 radical (unpaired) electrons. The summed E-state index contributed by atoms with van der Waals surface area (Å²) in [5.41, 5.74) is 0. The summed E-state index contributed by atoms with van der Waals surface area (Å²) < 4.78 is 1.86. The van der Waals surface area contributed by atoms with Crippen LogP contribution in [0.3, 0.4) is 0 Å². The molecular formula is C7H5Br2NOS. The third kappa shape index (κ3) is 2.30. The van der Waals surface area contributed by atoms with Gasteiger partial charge in [-0.2, -0.15) is 5.26 Å². The van der Waals surface area contributed by atoms with Gasteiger partial charge in [0.2, 0.25) is 0 Å². The van der Waals surface area contributed by atoms with Crippen LogP contribution < -0.4 is 0 Å². The molecule has 0 fully saturated rings. The minimum Gasteiger partial charge on any atom is -0.386 e. The van der Waals surface area contributed by atoms with Crippen LogP contribution in [0.2, 0.25) is 0 Å². The SMILES string of the molecule is N#CCC(O)c1cc(Br)c(Br)s1. The van der Waals surface area contributed by atoms with E-state index in [2.05, 4.69) is 31.9 Å². The van der Waals surface area contributed by atoms with Crippen molar-refractivity contribution < 1.29 is 5.11 Å². The van der Waals surface area contributed by atoms with Crippen LogP contribution >= 0.6 is 43.2 Å². The number of nitrogens with zero attached hydrogens (tertiary/aromatic N) is 1. The molecule has 5 heteroatoms. The highest BCUT2D eigenvalue weighted by Gasteiger charge is 2.11. The molecule has 1 N–H and O–H groups in total. The Morgan fingerprint density at radius 3 is 2.75 bits per heavy atom. The number of nitriles is 1. The van der Waals surface area contributed by atoms with Crippen LogP contribution in [0.5, 0.6) is 0 Å². The van der Waals surface area contributed by atoms with Gasteiger partial charge in [0.15, 0.2) is 0 Å². The Balaban J connectivity index is 2.83. The van der Waals surface area contributed by atoms with Crippen molar-refractivity contribution in [1.29, 1.82) is 5.26 Å². The molecule has 0 spiro atoms. The predicted octanol–water partition coefficient (Wildman–Crippen LogP) is 3.22. The standard InChI is InChI=1S/C7H5Br2NOS/c8-4-3-6(12-7(4)9)5(11)1-2-10/h3,5,11H,1H2. The second kappa shape index (κ2) is 4.38. The van der Waals surface area contributed by atoms with Gasteiger partial charge in [0.25, 0.3) is 0 Å². The molecule has 0 aliphatic heterocycles. The van der Waals surface area contributed by atoms with E-state index in [0.717, 1.165) is 13.1 Å². The molecule has 1 aromatic rings. The van der Waals surface area contributed by atoms with E-state index in [4.69, 9.17) is 5.26 Å². The van der Waals surface area contributed by atoms with E-state index >= 15 is 0 Å². The van der Waals surface area contributed by atoms with Crippen LogP contribution in [0.1, 0.15) is 17.4 Å². The lowest BCUT2D eigenvalue weighted by atomic mass is 10.2. The Hall–Kier alpha value is 0.110. The molecule has 0 aliphatic rings. The van der Waals surface area contributed by atoms with Crippen LogP contribution in [-0.4, -0.2) is 5.11 Å². The summed E-state index contributed by atoms with van der Waals surface area (Å²) in [6.45, 7) is 0. The average molecular weight is 311 g/mol. The molecule has 0 saturated heterocycles. The second-order valence-electron chi connectivity index (χ2n) is 2.15. The van der Waals surface area contributed by atoms with E-state index in [1.54, 1.807) is 0 Å². The van der Waals surface area contributed by atoms with E-state index in [0.29, 0.717) is 0 Å². The highest BCUT2D eigenvalue weighted by Crippen LogP contribution is 2.36. The monoisotopic (exact) mass is 309 g/mol. The largest absolute Gasteiger partial charge is 0.386 e. The molecule has 0 bridgehead atoms. The molecule has 1 atom stereocenters. The van der Waals surface area contributed by atoms with Crippen molar-refractivity contribution in [2.24, 2.45) is 0 Å². The molecule has 2 nitrogen and oxygen atoms in total. The lowest BCUT2D eigenvalue weighted by molar-refractivity contribution is 0.187. The zero-order valence-corrected chi connectivity index (χ0v) is 9.91. The van der Waals surface area contributed by atoms with Crippen LogP contribution in [0.15, 0.2) is 14.3 Å². The first-order valence-corrected chi connectivity index (χ1v) is 5.55. The Labute approximate surface area is 91.1 Å². The second-order valence-corrected chi connectivity index (χ2v) is 5.40. The zero-order chi connectivity index (χ0) is 9.14. The predicted molar refractivity (Wildman–Crippen MR) is 54.9 cm³/mol. The summed E-state index contributed by atoms with van der Waals surface area (Å²) >= 11 is 8.05. The van der Waals surface area contributed by atoms with Gasteiger partial charge in [0.05, 0.1) is 16.3 Å². The number of aliphatic hydroxyl groups is 1. The Morgan fingerprint density at radius 1 is 1.67 bits per heavy atom. The van der Waals surface area contributed by atoms with E-state index in [9.17, 15) is 5.11 Å². The van der Waals surface area contributed by atoms with Crippen molar-refractivity contribution in [2.75, 3.05) is 0 Å². The first-order chi connectivity index (χ1) is 5.65. The van der Waals surface area contributed by atoms with Gasteiger partial charge in [-0.1, -0.05) is 0 Å². The van der Waals surface area contributed by atoms with Gasteiger partial charge in [-0.3, -0.25) is 0 Å². The highest BCUT2D eigenvalue weighted by atomic mass is 79.9. The maximum absolute atomic E-state index is 9.40. The number of rotatable bonds is 2. The van der Waals surface area contributed by atoms with Gasteiger partial charge in [0.1, 0.15) is 6.10 Å². The minimum absolute atomic E-state index is 0.138. The first-order valence-electron chi connectivity index (χ1n) is 3.15. The van der Waals surface area contributed by atoms with Gasteiger partial charge < -0.3 is 5.11 Å². The lowest BCUT2D eigenvalue weighted by Crippen LogP contribution is -1.90. The average Bonchev–Trinajstić information content (AvgIpc) is 2.33. The minimum atomic E-state index is -0.664. The van der Waals surface area contributed by atoms with Crippen molar-refractivity contribution in [3.8, 4) is 6.07 Å². The fraction of sp³-hybridized carbons (Fsp3) is 0.286. The first kappa shape index (κ1) is 10.2. The number of hydrogen-bond acceptors (Lipinski definition) is 3. The summed E-state index contributed by atoms with van der Waals surface area (Å²) in [6.07, 6.45) is -0.526. The fourth-order valence-electron chi connectivity index (χ4n) is 0.715. The Morgan fingerprint density at radius 2 is 2.33 bits per heavy atom. The van der Waals surface area contributed by atoms with Gasteiger partial charge in [-0.15, -0.1) is 11.3 Å². The molecular weight excluding hydrogens is 306 g/mol. The normalized spacial score (nSPS) is 12.5. The molecule has 1 aromatic heterocycles. The fourth-order valence-corrected chi connectivity index (χ4v) is 2.79. The number of halogens is 2. The Kier molecular flexibility index (Phi) is 3.72. The number of thiophene rings is 1. The van der Waals surface area contributed by atoms with Crippen molar-refractivity contribution in [3.63, 3.8) is 0 Å². The van der Waals surface area contributed by atoms with Crippen molar-refractivity contribution in [1.82, 2.24) is 0 Å². The quantitative estimate of drug-likeness (QED) is 0.911. The Bertz CT molecular complexity index is 298. The number of aliphatic hydroxyl groups excluding tert-OH is 1. The molecule has 0 amide bonds. The van der Waals surface area contributed by atoms with E-state index in [1.807, 2.05) is 12.1 Å². The highest BCUT2D eigenvalue weighted by molar-refractivity contribution is 9.13. The van der Waals surface area contributed by atoms with Gasteiger partial charge in [-0.25, -0.2) is 0 Å². The maximum Gasteiger partial charge on any atom is 0.101 e. The summed E-state index contributed by atoms with van der Waals surface area (Å²) in [5, 5.41) is 17.7. The van der Waals surface area contributed by atoms with Gasteiger partial charge in [0, 0.05) is 9.35 Å².